The van der Waals surface area contributed by atoms with Crippen molar-refractivity contribution in [2.75, 3.05) is 19.0 Å². The summed E-state index contributed by atoms with van der Waals surface area (Å²) in [6, 6.07) is 11.4. The molecule has 27 heavy (non-hydrogen) atoms. The quantitative estimate of drug-likeness (QED) is 0.537. The fourth-order valence-electron chi connectivity index (χ4n) is 2.76. The number of fused-ring (bicyclic) bond motifs is 1. The first-order chi connectivity index (χ1) is 13.0. The maximum atomic E-state index is 13.1. The van der Waals surface area contributed by atoms with E-state index in [1.54, 1.807) is 23.4 Å². The second kappa shape index (κ2) is 6.92. The highest BCUT2D eigenvalue weighted by Crippen LogP contribution is 2.28. The van der Waals surface area contributed by atoms with Crippen molar-refractivity contribution in [3.05, 3.63) is 71.2 Å². The number of aromatic nitrogens is 3. The van der Waals surface area contributed by atoms with E-state index in [4.69, 9.17) is 4.42 Å². The zero-order valence-electron chi connectivity index (χ0n) is 15.2. The van der Waals surface area contributed by atoms with Crippen LogP contribution in [0.2, 0.25) is 0 Å². The molecule has 0 aliphatic carbocycles. The van der Waals surface area contributed by atoms with E-state index in [0.29, 0.717) is 10.6 Å². The standard InChI is InChI=1S/C20H18N4O2S/c1-13-19(27-18-11-15(23(2)3)6-8-21-18)20(25)24(12-22-13)16-4-5-17-14(10-16)7-9-26-17/h4-12H,1-3H3. The van der Waals surface area contributed by atoms with Gasteiger partial charge in [0, 0.05) is 31.4 Å². The lowest BCUT2D eigenvalue weighted by molar-refractivity contribution is 0.616. The monoisotopic (exact) mass is 378 g/mol. The van der Waals surface area contributed by atoms with Crippen LogP contribution in [0.15, 0.2) is 74.3 Å². The number of furan rings is 1. The van der Waals surface area contributed by atoms with Crippen LogP contribution in [0.5, 0.6) is 0 Å². The predicted molar refractivity (Wildman–Crippen MR) is 107 cm³/mol. The Morgan fingerprint density at radius 3 is 2.78 bits per heavy atom. The van der Waals surface area contributed by atoms with Crippen LogP contribution in [0.1, 0.15) is 5.69 Å². The summed E-state index contributed by atoms with van der Waals surface area (Å²) in [6.45, 7) is 1.84. The molecule has 3 aromatic heterocycles. The van der Waals surface area contributed by atoms with Gasteiger partial charge in [-0.05, 0) is 43.3 Å². The highest BCUT2D eigenvalue weighted by Gasteiger charge is 2.13. The summed E-state index contributed by atoms with van der Waals surface area (Å²) in [4.78, 5) is 24.5. The molecule has 0 radical (unpaired) electrons. The smallest absolute Gasteiger partial charge is 0.272 e. The lowest BCUT2D eigenvalue weighted by Crippen LogP contribution is -2.21. The molecule has 4 rings (SSSR count). The van der Waals surface area contributed by atoms with Crippen molar-refractivity contribution in [2.24, 2.45) is 0 Å². The highest BCUT2D eigenvalue weighted by molar-refractivity contribution is 7.99. The number of nitrogens with zero attached hydrogens (tertiary/aromatic N) is 4. The molecular formula is C20H18N4O2S. The zero-order valence-corrected chi connectivity index (χ0v) is 16.0. The summed E-state index contributed by atoms with van der Waals surface area (Å²) < 4.78 is 6.93. The molecule has 136 valence electrons. The van der Waals surface area contributed by atoms with E-state index >= 15 is 0 Å². The Hall–Kier alpha value is -3.06. The molecule has 0 N–H and O–H groups in total. The molecule has 0 amide bonds. The summed E-state index contributed by atoms with van der Waals surface area (Å²) in [5, 5.41) is 1.70. The van der Waals surface area contributed by atoms with Gasteiger partial charge >= 0.3 is 0 Å². The van der Waals surface area contributed by atoms with Gasteiger partial charge in [0.15, 0.2) is 0 Å². The van der Waals surface area contributed by atoms with Gasteiger partial charge in [-0.2, -0.15) is 0 Å². The van der Waals surface area contributed by atoms with Crippen molar-refractivity contribution >= 4 is 28.4 Å². The van der Waals surface area contributed by atoms with Crippen LogP contribution in [0, 0.1) is 6.92 Å². The van der Waals surface area contributed by atoms with E-state index in [9.17, 15) is 4.79 Å². The van der Waals surface area contributed by atoms with Gasteiger partial charge in [-0.3, -0.25) is 9.36 Å². The molecular weight excluding hydrogens is 360 g/mol. The molecule has 0 aliphatic rings. The molecule has 0 fully saturated rings. The van der Waals surface area contributed by atoms with Gasteiger partial charge in [0.05, 0.1) is 17.6 Å². The van der Waals surface area contributed by atoms with E-state index in [0.717, 1.165) is 27.4 Å². The SMILES string of the molecule is Cc1ncn(-c2ccc3occc3c2)c(=O)c1Sc1cc(N(C)C)ccn1. The van der Waals surface area contributed by atoms with Crippen molar-refractivity contribution in [1.82, 2.24) is 14.5 Å². The molecule has 0 saturated heterocycles. The predicted octanol–water partition coefficient (Wildman–Crippen LogP) is 3.90. The van der Waals surface area contributed by atoms with Gasteiger partial charge < -0.3 is 9.32 Å². The molecule has 1 aromatic carbocycles. The third kappa shape index (κ3) is 3.33. The minimum atomic E-state index is -0.118. The number of aryl methyl sites for hydroxylation is 1. The van der Waals surface area contributed by atoms with Crippen LogP contribution in [0.4, 0.5) is 5.69 Å². The van der Waals surface area contributed by atoms with Crippen molar-refractivity contribution < 1.29 is 4.42 Å². The average molecular weight is 378 g/mol. The number of hydrogen-bond acceptors (Lipinski definition) is 6. The first-order valence-corrected chi connectivity index (χ1v) is 9.22. The van der Waals surface area contributed by atoms with Crippen molar-refractivity contribution in [3.8, 4) is 5.69 Å². The Balaban J connectivity index is 1.77. The fraction of sp³-hybridized carbons (Fsp3) is 0.150. The Morgan fingerprint density at radius 1 is 1.11 bits per heavy atom. The third-order valence-corrected chi connectivity index (χ3v) is 5.37. The molecule has 0 spiro atoms. The normalized spacial score (nSPS) is 11.1. The zero-order chi connectivity index (χ0) is 19.0. The van der Waals surface area contributed by atoms with Crippen LogP contribution in [-0.4, -0.2) is 28.6 Å². The highest BCUT2D eigenvalue weighted by atomic mass is 32.2. The lowest BCUT2D eigenvalue weighted by atomic mass is 10.2. The van der Waals surface area contributed by atoms with Gasteiger partial charge in [-0.1, -0.05) is 11.8 Å². The van der Waals surface area contributed by atoms with Crippen molar-refractivity contribution in [3.63, 3.8) is 0 Å². The van der Waals surface area contributed by atoms with Crippen LogP contribution < -0.4 is 10.5 Å². The van der Waals surface area contributed by atoms with Crippen LogP contribution in [0.3, 0.4) is 0 Å². The van der Waals surface area contributed by atoms with E-state index in [-0.39, 0.29) is 5.56 Å². The minimum Gasteiger partial charge on any atom is -0.464 e. The first kappa shape index (κ1) is 17.4. The molecule has 3 heterocycles. The molecule has 6 nitrogen and oxygen atoms in total. The summed E-state index contributed by atoms with van der Waals surface area (Å²) in [6.07, 6.45) is 4.94. The lowest BCUT2D eigenvalue weighted by Gasteiger charge is -2.13. The van der Waals surface area contributed by atoms with Gasteiger partial charge in [0.25, 0.3) is 5.56 Å². The van der Waals surface area contributed by atoms with Crippen LogP contribution in [0.25, 0.3) is 16.7 Å². The van der Waals surface area contributed by atoms with Crippen molar-refractivity contribution in [1.29, 1.82) is 0 Å². The summed E-state index contributed by atoms with van der Waals surface area (Å²) in [5.41, 5.74) is 3.12. The molecule has 0 saturated carbocycles. The topological polar surface area (TPSA) is 64.2 Å². The molecule has 0 aliphatic heterocycles. The maximum absolute atomic E-state index is 13.1. The summed E-state index contributed by atoms with van der Waals surface area (Å²) in [7, 11) is 3.94. The van der Waals surface area contributed by atoms with Gasteiger partial charge in [-0.15, -0.1) is 0 Å². The van der Waals surface area contributed by atoms with Gasteiger partial charge in [0.1, 0.15) is 21.8 Å². The Bertz CT molecular complexity index is 1180. The number of rotatable bonds is 4. The van der Waals surface area contributed by atoms with Crippen LogP contribution >= 0.6 is 11.8 Å². The number of pyridine rings is 1. The maximum Gasteiger partial charge on any atom is 0.272 e. The second-order valence-corrected chi connectivity index (χ2v) is 7.36. The van der Waals surface area contributed by atoms with E-state index in [1.807, 2.05) is 62.3 Å². The molecule has 7 heteroatoms. The molecule has 0 unspecified atom stereocenters. The summed E-state index contributed by atoms with van der Waals surface area (Å²) >= 11 is 1.33. The Kier molecular flexibility index (Phi) is 4.45. The first-order valence-electron chi connectivity index (χ1n) is 8.40. The molecule has 0 bridgehead atoms. The van der Waals surface area contributed by atoms with E-state index in [2.05, 4.69) is 9.97 Å². The van der Waals surface area contributed by atoms with Gasteiger partial charge in [-0.25, -0.2) is 9.97 Å². The van der Waals surface area contributed by atoms with E-state index < -0.39 is 0 Å². The largest absolute Gasteiger partial charge is 0.464 e. The average Bonchev–Trinajstić information content (AvgIpc) is 3.13. The Labute approximate surface area is 160 Å². The van der Waals surface area contributed by atoms with E-state index in [1.165, 1.54) is 11.8 Å². The van der Waals surface area contributed by atoms with Crippen LogP contribution in [-0.2, 0) is 0 Å². The Morgan fingerprint density at radius 2 is 1.96 bits per heavy atom. The van der Waals surface area contributed by atoms with Gasteiger partial charge in [0.2, 0.25) is 0 Å². The number of benzene rings is 1. The summed E-state index contributed by atoms with van der Waals surface area (Å²) in [5.74, 6) is 0. The number of hydrogen-bond donors (Lipinski definition) is 0. The minimum absolute atomic E-state index is 0.118. The fourth-order valence-corrected chi connectivity index (χ4v) is 3.65. The van der Waals surface area contributed by atoms with Crippen molar-refractivity contribution in [2.45, 2.75) is 16.8 Å². The molecule has 4 aromatic rings. The molecule has 0 atom stereocenters. The second-order valence-electron chi connectivity index (χ2n) is 6.33. The number of anilines is 1. The third-order valence-electron chi connectivity index (χ3n) is 4.26.